The monoisotopic (exact) mass is 658 g/mol. The van der Waals surface area contributed by atoms with Crippen molar-refractivity contribution in [1.82, 2.24) is 0 Å². The smallest absolute Gasteiger partial charge is 0.303 e. The van der Waals surface area contributed by atoms with Gasteiger partial charge in [-0.1, -0.05) is 39.3 Å². The summed E-state index contributed by atoms with van der Waals surface area (Å²) in [6.45, 7) is 12.2. The molecule has 0 radical (unpaired) electrons. The highest BCUT2D eigenvalue weighted by Gasteiger charge is 2.68. The molecule has 0 saturated heterocycles. The SMILES string of the molecule is CC(=O)O[C@]1(C(C)=O)CC[C@H]2[C@@H]3C[C@H](C)C4=CC(=O)CC[C@]4(C)[C@H]3CC[C@@]21C.C[C@]12CC[C@@H]3c4ccc(O)cc4CC[C@H]3[C@@H]1CC[C@@H]2O. The number of hydrogen-bond donors (Lipinski definition) is 2. The summed E-state index contributed by atoms with van der Waals surface area (Å²) < 4.78 is 5.84. The van der Waals surface area contributed by atoms with Crippen LogP contribution in [-0.4, -0.2) is 39.5 Å². The van der Waals surface area contributed by atoms with Crippen LogP contribution >= 0.6 is 0 Å². The molecule has 0 unspecified atom stereocenters. The molecule has 6 heteroatoms. The summed E-state index contributed by atoms with van der Waals surface area (Å²) in [4.78, 5) is 36.8. The highest BCUT2D eigenvalue weighted by molar-refractivity contribution is 5.92. The number of aliphatic hydroxyl groups is 1. The third-order valence-corrected chi connectivity index (χ3v) is 15.9. The van der Waals surface area contributed by atoms with Crippen LogP contribution in [-0.2, 0) is 25.5 Å². The van der Waals surface area contributed by atoms with Gasteiger partial charge in [0.1, 0.15) is 5.75 Å². The fourth-order valence-electron chi connectivity index (χ4n) is 13.6. The Morgan fingerprint density at radius 2 is 1.60 bits per heavy atom. The van der Waals surface area contributed by atoms with E-state index in [2.05, 4.69) is 33.8 Å². The number of Topliss-reactive ketones (excluding diaryl/α,β-unsaturated/α-hetero) is 1. The average Bonchev–Trinajstić information content (AvgIpc) is 3.51. The molecule has 0 aromatic heterocycles. The number of ether oxygens (including phenoxy) is 1. The van der Waals surface area contributed by atoms with Gasteiger partial charge in [-0.2, -0.15) is 0 Å². The van der Waals surface area contributed by atoms with Crippen LogP contribution < -0.4 is 0 Å². The molecule has 6 nitrogen and oxygen atoms in total. The number of rotatable bonds is 2. The number of ketones is 2. The molecule has 5 saturated carbocycles. The van der Waals surface area contributed by atoms with Crippen LogP contribution in [0.3, 0.4) is 0 Å². The van der Waals surface area contributed by atoms with Gasteiger partial charge >= 0.3 is 5.97 Å². The quantitative estimate of drug-likeness (QED) is 0.310. The molecule has 0 heterocycles. The van der Waals surface area contributed by atoms with Crippen LogP contribution in [0.4, 0.5) is 0 Å². The molecule has 7 aliphatic rings. The molecule has 1 aromatic rings. The molecule has 262 valence electrons. The first kappa shape index (κ1) is 34.0. The molecule has 2 N–H and O–H groups in total. The molecule has 0 amide bonds. The fraction of sp³-hybridized carbons (Fsp3) is 0.738. The van der Waals surface area contributed by atoms with Gasteiger partial charge in [-0.3, -0.25) is 14.4 Å². The lowest BCUT2D eigenvalue weighted by Crippen LogP contribution is -2.59. The molecular formula is C42H58O6. The van der Waals surface area contributed by atoms with Crippen LogP contribution in [0.15, 0.2) is 29.8 Å². The summed E-state index contributed by atoms with van der Waals surface area (Å²) in [6.07, 6.45) is 15.0. The number of hydrogen-bond acceptors (Lipinski definition) is 6. The van der Waals surface area contributed by atoms with Crippen LogP contribution in [0.25, 0.3) is 0 Å². The second-order valence-electron chi connectivity index (χ2n) is 17.9. The molecule has 1 aromatic carbocycles. The van der Waals surface area contributed by atoms with E-state index in [1.807, 2.05) is 18.2 Å². The summed E-state index contributed by atoms with van der Waals surface area (Å²) in [6, 6.07) is 5.96. The van der Waals surface area contributed by atoms with Gasteiger partial charge in [-0.15, -0.1) is 0 Å². The molecule has 7 aliphatic carbocycles. The van der Waals surface area contributed by atoms with Crippen LogP contribution in [0.1, 0.15) is 136 Å². The van der Waals surface area contributed by atoms with Crippen molar-refractivity contribution in [2.24, 2.45) is 51.8 Å². The van der Waals surface area contributed by atoms with Gasteiger partial charge in [0.25, 0.3) is 0 Å². The molecule has 5 fully saturated rings. The number of aliphatic hydroxyl groups excluding tert-OH is 1. The molecule has 48 heavy (non-hydrogen) atoms. The van der Waals surface area contributed by atoms with Crippen LogP contribution in [0, 0.1) is 51.8 Å². The van der Waals surface area contributed by atoms with Crippen molar-refractivity contribution in [3.8, 4) is 5.75 Å². The van der Waals surface area contributed by atoms with Crippen molar-refractivity contribution >= 4 is 17.5 Å². The summed E-state index contributed by atoms with van der Waals surface area (Å²) in [5.41, 5.74) is 3.21. The van der Waals surface area contributed by atoms with Gasteiger partial charge in [-0.05, 0) is 166 Å². The zero-order valence-corrected chi connectivity index (χ0v) is 30.1. The number of carbonyl (C=O) groups is 3. The third-order valence-electron chi connectivity index (χ3n) is 15.9. The zero-order valence-electron chi connectivity index (χ0n) is 30.1. The number of allylic oxidation sites excluding steroid dienone is 1. The molecule has 12 atom stereocenters. The minimum absolute atomic E-state index is 0.00469. The van der Waals surface area contributed by atoms with Gasteiger partial charge in [0, 0.05) is 18.8 Å². The predicted molar refractivity (Wildman–Crippen MR) is 185 cm³/mol. The van der Waals surface area contributed by atoms with Crippen molar-refractivity contribution in [2.45, 2.75) is 143 Å². The Balaban J connectivity index is 0.000000160. The Kier molecular flexibility index (Phi) is 8.36. The average molecular weight is 659 g/mol. The summed E-state index contributed by atoms with van der Waals surface area (Å²) in [7, 11) is 0. The zero-order chi connectivity index (χ0) is 34.4. The number of aryl methyl sites for hydroxylation is 1. The molecule has 0 spiro atoms. The highest BCUT2D eigenvalue weighted by atomic mass is 16.6. The van der Waals surface area contributed by atoms with Gasteiger partial charge in [0.15, 0.2) is 17.2 Å². The fourth-order valence-corrected chi connectivity index (χ4v) is 13.6. The number of phenols is 1. The number of benzene rings is 1. The molecule has 8 rings (SSSR count). The first-order chi connectivity index (χ1) is 22.6. The maximum atomic E-state index is 12.8. The summed E-state index contributed by atoms with van der Waals surface area (Å²) in [5.74, 6) is 4.31. The summed E-state index contributed by atoms with van der Waals surface area (Å²) in [5, 5.41) is 20.0. The van der Waals surface area contributed by atoms with E-state index in [0.29, 0.717) is 54.1 Å². The maximum Gasteiger partial charge on any atom is 0.303 e. The molecule has 0 bridgehead atoms. The van der Waals surface area contributed by atoms with E-state index in [-0.39, 0.29) is 39.9 Å². The van der Waals surface area contributed by atoms with Gasteiger partial charge in [0.2, 0.25) is 0 Å². The van der Waals surface area contributed by atoms with Gasteiger partial charge in [-0.25, -0.2) is 0 Å². The van der Waals surface area contributed by atoms with E-state index < -0.39 is 5.60 Å². The van der Waals surface area contributed by atoms with Gasteiger partial charge < -0.3 is 14.9 Å². The highest BCUT2D eigenvalue weighted by Crippen LogP contribution is 2.69. The van der Waals surface area contributed by atoms with E-state index in [1.165, 1.54) is 42.9 Å². The molecule has 0 aliphatic heterocycles. The number of carbonyl (C=O) groups excluding carboxylic acids is 3. The minimum Gasteiger partial charge on any atom is -0.508 e. The Morgan fingerprint density at radius 1 is 0.854 bits per heavy atom. The number of fused-ring (bicyclic) bond motifs is 10. The first-order valence-corrected chi connectivity index (χ1v) is 19.1. The molecular weight excluding hydrogens is 600 g/mol. The van der Waals surface area contributed by atoms with E-state index >= 15 is 0 Å². The maximum absolute atomic E-state index is 12.8. The Hall–Kier alpha value is -2.47. The summed E-state index contributed by atoms with van der Waals surface area (Å²) >= 11 is 0. The third kappa shape index (κ3) is 4.92. The largest absolute Gasteiger partial charge is 0.508 e. The second kappa shape index (κ2) is 11.8. The van der Waals surface area contributed by atoms with Crippen molar-refractivity contribution in [3.63, 3.8) is 0 Å². The minimum atomic E-state index is -0.961. The lowest BCUT2D eigenvalue weighted by molar-refractivity contribution is -0.187. The van der Waals surface area contributed by atoms with Crippen molar-refractivity contribution < 1.29 is 29.3 Å². The van der Waals surface area contributed by atoms with Crippen LogP contribution in [0.2, 0.25) is 0 Å². The van der Waals surface area contributed by atoms with Crippen molar-refractivity contribution in [3.05, 3.63) is 41.0 Å². The Labute approximate surface area is 287 Å². The second-order valence-corrected chi connectivity index (χ2v) is 17.9. The van der Waals surface area contributed by atoms with E-state index in [9.17, 15) is 24.6 Å². The number of aromatic hydroxyl groups is 1. The van der Waals surface area contributed by atoms with Crippen molar-refractivity contribution in [2.75, 3.05) is 0 Å². The normalized spacial score (nSPS) is 45.5. The topological polar surface area (TPSA) is 101 Å². The van der Waals surface area contributed by atoms with E-state index in [1.54, 1.807) is 6.92 Å². The van der Waals surface area contributed by atoms with Crippen LogP contribution in [0.5, 0.6) is 5.75 Å². The number of esters is 1. The van der Waals surface area contributed by atoms with E-state index in [4.69, 9.17) is 4.74 Å². The number of phenolic OH excluding ortho intramolecular Hbond substituents is 1. The Morgan fingerprint density at radius 3 is 2.33 bits per heavy atom. The lowest BCUT2D eigenvalue weighted by Gasteiger charge is -2.60. The van der Waals surface area contributed by atoms with Gasteiger partial charge in [0.05, 0.1) is 6.10 Å². The van der Waals surface area contributed by atoms with Crippen molar-refractivity contribution in [1.29, 1.82) is 0 Å². The first-order valence-electron chi connectivity index (χ1n) is 19.1. The lowest BCUT2D eigenvalue weighted by atomic mass is 9.44. The van der Waals surface area contributed by atoms with E-state index in [0.717, 1.165) is 57.3 Å². The Bertz CT molecular complexity index is 1530. The predicted octanol–water partition coefficient (Wildman–Crippen LogP) is 8.26. The standard InChI is InChI=1S/C24H34O4.C18H24O2/c1-14-12-18-19(22(4)9-6-17(27)13-21(14)22)7-10-23(5)20(18)8-11-24(23,15(2)25)28-16(3)26;1-18-9-8-14-13-5-3-12(19)10-11(13)2-4-15(14)16(18)6-7-17(18)20/h13-14,18-20H,6-12H2,1-5H3;3,5,10,14-17,19-20H,2,4,6-9H2,1H3/t14-,18+,19-,20-,22+,23-,24-;14-,15-,16+,17+,18+/m01/s1.